The smallest absolute Gasteiger partial charge is 0.234 e. The van der Waals surface area contributed by atoms with Crippen LogP contribution in [0.3, 0.4) is 0 Å². The van der Waals surface area contributed by atoms with E-state index >= 15 is 0 Å². The van der Waals surface area contributed by atoms with Gasteiger partial charge in [0.2, 0.25) is 5.91 Å². The third kappa shape index (κ3) is 10.4. The number of piperidine rings is 1. The second kappa shape index (κ2) is 14.9. The number of carbonyl (C=O) groups is 1. The Kier molecular flexibility index (Phi) is 12.3. The molecule has 1 N–H and O–H groups in total. The lowest BCUT2D eigenvalue weighted by Crippen LogP contribution is -2.43. The molecule has 5 nitrogen and oxygen atoms in total. The molecule has 1 aromatic carbocycles. The first-order valence-corrected chi connectivity index (χ1v) is 12.8. The molecule has 2 rings (SSSR count). The average molecular weight is 473 g/mol. The van der Waals surface area contributed by atoms with Crippen LogP contribution in [0.2, 0.25) is 0 Å². The summed E-state index contributed by atoms with van der Waals surface area (Å²) in [5.41, 5.74) is 3.29. The van der Waals surface area contributed by atoms with E-state index in [1.165, 1.54) is 36.2 Å². The van der Waals surface area contributed by atoms with Crippen molar-refractivity contribution in [3.8, 4) is 0 Å². The molecule has 1 fully saturated rings. The van der Waals surface area contributed by atoms with Gasteiger partial charge in [0.05, 0.1) is 6.54 Å². The normalized spacial score (nSPS) is 15.5. The number of likely N-dealkylation sites (tertiary alicyclic amines) is 1. The highest BCUT2D eigenvalue weighted by molar-refractivity contribution is 5.78. The largest absolute Gasteiger partial charge is 0.375 e. The molecule has 1 aromatic rings. The fourth-order valence-electron chi connectivity index (χ4n) is 4.43. The summed E-state index contributed by atoms with van der Waals surface area (Å²) >= 11 is 0. The minimum atomic E-state index is -0.175. The maximum absolute atomic E-state index is 13.1. The Hall–Kier alpha value is -2.18. The van der Waals surface area contributed by atoms with E-state index in [-0.39, 0.29) is 11.7 Å². The third-order valence-corrected chi connectivity index (χ3v) is 6.77. The summed E-state index contributed by atoms with van der Waals surface area (Å²) in [5.74, 6) is -0.126. The number of hydrogen-bond donors (Lipinski definition) is 1. The lowest BCUT2D eigenvalue weighted by molar-refractivity contribution is -0.121. The summed E-state index contributed by atoms with van der Waals surface area (Å²) in [6.45, 7) is 13.5. The van der Waals surface area contributed by atoms with E-state index in [4.69, 9.17) is 0 Å². The van der Waals surface area contributed by atoms with Gasteiger partial charge in [0.1, 0.15) is 5.82 Å². The Bertz CT molecular complexity index is 784. The second-order valence-corrected chi connectivity index (χ2v) is 9.73. The molecule has 0 saturated carbocycles. The van der Waals surface area contributed by atoms with Crippen LogP contribution in [0.15, 0.2) is 48.2 Å². The van der Waals surface area contributed by atoms with Crippen LogP contribution in [-0.4, -0.2) is 80.0 Å². The zero-order valence-corrected chi connectivity index (χ0v) is 21.8. The Morgan fingerprint density at radius 3 is 2.53 bits per heavy atom. The predicted molar refractivity (Wildman–Crippen MR) is 140 cm³/mol. The number of unbranched alkanes of at least 4 members (excludes halogenated alkanes) is 2. The molecule has 0 unspecified atom stereocenters. The number of nitrogens with zero attached hydrogens (tertiary/aromatic N) is 3. The Morgan fingerprint density at radius 1 is 1.21 bits per heavy atom. The minimum absolute atomic E-state index is 0.0487. The highest BCUT2D eigenvalue weighted by Gasteiger charge is 2.22. The molecule has 1 aliphatic heterocycles. The van der Waals surface area contributed by atoms with Crippen molar-refractivity contribution in [1.82, 2.24) is 20.0 Å². The fraction of sp³-hybridized carbons (Fsp3) is 0.607. The Labute approximate surface area is 206 Å². The third-order valence-electron chi connectivity index (χ3n) is 6.77. The van der Waals surface area contributed by atoms with Gasteiger partial charge in [-0.15, -0.1) is 0 Å². The van der Waals surface area contributed by atoms with Crippen LogP contribution in [0.4, 0.5) is 4.39 Å². The maximum atomic E-state index is 13.1. The van der Waals surface area contributed by atoms with Gasteiger partial charge in [0, 0.05) is 45.0 Å². The number of allylic oxidation sites excluding steroid dienone is 1. The molecule has 190 valence electrons. The van der Waals surface area contributed by atoms with Gasteiger partial charge in [-0.25, -0.2) is 4.39 Å². The van der Waals surface area contributed by atoms with Crippen LogP contribution in [-0.2, 0) is 11.2 Å². The van der Waals surface area contributed by atoms with Crippen LogP contribution < -0.4 is 5.32 Å². The van der Waals surface area contributed by atoms with Gasteiger partial charge in [-0.05, 0) is 75.5 Å². The zero-order chi connectivity index (χ0) is 24.9. The van der Waals surface area contributed by atoms with Crippen molar-refractivity contribution in [2.24, 2.45) is 0 Å². The summed E-state index contributed by atoms with van der Waals surface area (Å²) in [6, 6.07) is 7.35. The van der Waals surface area contributed by atoms with E-state index in [2.05, 4.69) is 53.6 Å². The number of hydrogen-bond acceptors (Lipinski definition) is 4. The number of nitrogens with one attached hydrogen (secondary N) is 1. The van der Waals surface area contributed by atoms with E-state index in [0.717, 1.165) is 57.4 Å². The highest BCUT2D eigenvalue weighted by Crippen LogP contribution is 2.20. The van der Waals surface area contributed by atoms with Crippen molar-refractivity contribution in [2.75, 3.05) is 53.4 Å². The highest BCUT2D eigenvalue weighted by atomic mass is 19.1. The molecule has 1 amide bonds. The molecule has 0 radical (unpaired) electrons. The van der Waals surface area contributed by atoms with Gasteiger partial charge < -0.3 is 15.1 Å². The molecule has 0 aromatic heterocycles. The van der Waals surface area contributed by atoms with E-state index in [1.807, 2.05) is 19.2 Å². The first kappa shape index (κ1) is 28.1. The van der Waals surface area contributed by atoms with Crippen molar-refractivity contribution in [3.63, 3.8) is 0 Å². The molecular formula is C28H45FN4O. The second-order valence-electron chi connectivity index (χ2n) is 9.73. The average Bonchev–Trinajstić information content (AvgIpc) is 2.82. The van der Waals surface area contributed by atoms with Gasteiger partial charge in [0.15, 0.2) is 0 Å². The monoisotopic (exact) mass is 472 g/mol. The van der Waals surface area contributed by atoms with E-state index in [9.17, 15) is 9.18 Å². The summed E-state index contributed by atoms with van der Waals surface area (Å²) < 4.78 is 13.1. The molecule has 0 atom stereocenters. The molecule has 1 heterocycles. The maximum Gasteiger partial charge on any atom is 0.234 e. The van der Waals surface area contributed by atoms with Crippen molar-refractivity contribution in [2.45, 2.75) is 58.4 Å². The Morgan fingerprint density at radius 2 is 1.88 bits per heavy atom. The summed E-state index contributed by atoms with van der Waals surface area (Å²) in [7, 11) is 4.15. The topological polar surface area (TPSA) is 38.8 Å². The molecule has 1 saturated heterocycles. The lowest BCUT2D eigenvalue weighted by atomic mass is 10.0. The molecule has 34 heavy (non-hydrogen) atoms. The van der Waals surface area contributed by atoms with Crippen LogP contribution >= 0.6 is 0 Å². The quantitative estimate of drug-likeness (QED) is 0.320. The number of rotatable bonds is 14. The van der Waals surface area contributed by atoms with Gasteiger partial charge in [-0.3, -0.25) is 9.69 Å². The number of benzene rings is 1. The number of carbonyl (C=O) groups excluding carboxylic acids is 1. The van der Waals surface area contributed by atoms with E-state index in [0.29, 0.717) is 19.1 Å². The van der Waals surface area contributed by atoms with Gasteiger partial charge in [-0.1, -0.05) is 38.5 Å². The van der Waals surface area contributed by atoms with Crippen LogP contribution in [0.25, 0.3) is 0 Å². The van der Waals surface area contributed by atoms with Gasteiger partial charge in [-0.2, -0.15) is 0 Å². The van der Waals surface area contributed by atoms with Gasteiger partial charge in [0.25, 0.3) is 0 Å². The van der Waals surface area contributed by atoms with E-state index < -0.39 is 0 Å². The number of amides is 1. The molecular weight excluding hydrogens is 427 g/mol. The van der Waals surface area contributed by atoms with Crippen molar-refractivity contribution >= 4 is 5.91 Å². The van der Waals surface area contributed by atoms with Crippen molar-refractivity contribution in [1.29, 1.82) is 0 Å². The lowest BCUT2D eigenvalue weighted by Gasteiger charge is -2.38. The molecule has 0 aliphatic carbocycles. The van der Waals surface area contributed by atoms with Crippen LogP contribution in [0.1, 0.15) is 51.5 Å². The van der Waals surface area contributed by atoms with Crippen LogP contribution in [0.5, 0.6) is 0 Å². The number of halogens is 1. The minimum Gasteiger partial charge on any atom is -0.375 e. The first-order chi connectivity index (χ1) is 16.3. The van der Waals surface area contributed by atoms with Crippen LogP contribution in [0, 0.1) is 5.82 Å². The standard InChI is InChI=1S/C28H45FN4O/c1-6-7-8-16-31(4)22-28(34)30-21-23(2)20-24(3)32(5)27-14-18-33(19-15-27)17-13-25-9-11-26(29)12-10-25/h9-12,20,27H,2,6-8,13-19,21-22H2,1,3-5H3,(H,30,34)/b24-20+. The predicted octanol–water partition coefficient (Wildman–Crippen LogP) is 4.46. The fourth-order valence-corrected chi connectivity index (χ4v) is 4.43. The summed E-state index contributed by atoms with van der Waals surface area (Å²) in [4.78, 5) is 19.1. The molecule has 1 aliphatic rings. The van der Waals surface area contributed by atoms with Crippen molar-refractivity contribution in [3.05, 3.63) is 59.6 Å². The molecule has 0 spiro atoms. The molecule has 6 heteroatoms. The summed E-state index contributed by atoms with van der Waals surface area (Å²) in [5, 5.41) is 2.99. The zero-order valence-electron chi connectivity index (χ0n) is 21.8. The number of likely N-dealkylation sites (N-methyl/N-ethyl adjacent to an activating group) is 1. The van der Waals surface area contributed by atoms with Crippen molar-refractivity contribution < 1.29 is 9.18 Å². The Balaban J connectivity index is 1.68. The van der Waals surface area contributed by atoms with Gasteiger partial charge >= 0.3 is 0 Å². The first-order valence-electron chi connectivity index (χ1n) is 12.8. The SMILES string of the molecule is C=C(/C=C(\C)N(C)C1CCN(CCc2ccc(F)cc2)CC1)CNC(=O)CN(C)CCCCC. The van der Waals surface area contributed by atoms with E-state index in [1.54, 1.807) is 0 Å². The molecule has 0 bridgehead atoms. The summed E-state index contributed by atoms with van der Waals surface area (Å²) in [6.07, 6.45) is 8.82.